The van der Waals surface area contributed by atoms with E-state index in [1.165, 1.54) is 5.56 Å². The predicted octanol–water partition coefficient (Wildman–Crippen LogP) is 1.79. The summed E-state index contributed by atoms with van der Waals surface area (Å²) in [6.45, 7) is 4.13. The molecule has 2 rings (SSSR count). The molecule has 1 aliphatic rings. The Labute approximate surface area is 90.1 Å². The first-order chi connectivity index (χ1) is 7.22. The van der Waals surface area contributed by atoms with Crippen molar-refractivity contribution >= 4 is 0 Å². The number of phenols is 1. The molecule has 0 saturated carbocycles. The maximum Gasteiger partial charge on any atom is 0.160 e. The van der Waals surface area contributed by atoms with Gasteiger partial charge in [0.25, 0.3) is 0 Å². The molecule has 3 nitrogen and oxygen atoms in total. The van der Waals surface area contributed by atoms with Gasteiger partial charge in [-0.2, -0.15) is 0 Å². The Morgan fingerprint density at radius 2 is 2.27 bits per heavy atom. The summed E-state index contributed by atoms with van der Waals surface area (Å²) in [7, 11) is 1.58. The van der Waals surface area contributed by atoms with Crippen LogP contribution in [0.1, 0.15) is 23.5 Å². The Balaban J connectivity index is 2.37. The molecule has 0 amide bonds. The van der Waals surface area contributed by atoms with E-state index < -0.39 is 0 Å². The van der Waals surface area contributed by atoms with Gasteiger partial charge in [-0.3, -0.25) is 0 Å². The minimum atomic E-state index is 0.227. The average molecular weight is 207 g/mol. The fourth-order valence-electron chi connectivity index (χ4n) is 2.21. The summed E-state index contributed by atoms with van der Waals surface area (Å²) in [6, 6.07) is 3.74. The van der Waals surface area contributed by atoms with E-state index in [9.17, 15) is 5.11 Å². The molecule has 1 fully saturated rings. The zero-order valence-corrected chi connectivity index (χ0v) is 9.21. The molecule has 1 aliphatic heterocycles. The van der Waals surface area contributed by atoms with Crippen LogP contribution in [0.4, 0.5) is 0 Å². The summed E-state index contributed by atoms with van der Waals surface area (Å²) in [4.78, 5) is 0. The highest BCUT2D eigenvalue weighted by atomic mass is 16.5. The number of hydrogen-bond donors (Lipinski definition) is 2. The van der Waals surface area contributed by atoms with Crippen LogP contribution in [0, 0.1) is 6.92 Å². The minimum Gasteiger partial charge on any atom is -0.504 e. The van der Waals surface area contributed by atoms with Crippen molar-refractivity contribution < 1.29 is 9.84 Å². The van der Waals surface area contributed by atoms with E-state index in [1.807, 2.05) is 13.0 Å². The summed E-state index contributed by atoms with van der Waals surface area (Å²) in [5.41, 5.74) is 2.43. The summed E-state index contributed by atoms with van der Waals surface area (Å²) in [6.07, 6.45) is 1.16. The van der Waals surface area contributed by atoms with E-state index in [0.717, 1.165) is 25.1 Å². The second kappa shape index (κ2) is 4.11. The highest BCUT2D eigenvalue weighted by Gasteiger charge is 2.20. The first-order valence-electron chi connectivity index (χ1n) is 5.30. The Hall–Kier alpha value is -1.22. The standard InChI is InChI=1S/C12H17NO2/c1-8-5-11(14)12(15-2)6-10(8)9-3-4-13-7-9/h5-6,9,13-14H,3-4,7H2,1-2H3. The van der Waals surface area contributed by atoms with E-state index in [-0.39, 0.29) is 5.75 Å². The fraction of sp³-hybridized carbons (Fsp3) is 0.500. The Kier molecular flexibility index (Phi) is 2.82. The monoisotopic (exact) mass is 207 g/mol. The number of benzene rings is 1. The van der Waals surface area contributed by atoms with Crippen molar-refractivity contribution in [1.82, 2.24) is 5.32 Å². The lowest BCUT2D eigenvalue weighted by Gasteiger charge is -2.14. The molecule has 0 radical (unpaired) electrons. The smallest absolute Gasteiger partial charge is 0.160 e. The summed E-state index contributed by atoms with van der Waals surface area (Å²) in [5, 5.41) is 13.0. The summed E-state index contributed by atoms with van der Waals surface area (Å²) >= 11 is 0. The van der Waals surface area contributed by atoms with Crippen LogP contribution in [0.25, 0.3) is 0 Å². The number of methoxy groups -OCH3 is 1. The van der Waals surface area contributed by atoms with Gasteiger partial charge in [0.15, 0.2) is 11.5 Å². The zero-order valence-electron chi connectivity index (χ0n) is 9.21. The normalized spacial score (nSPS) is 20.5. The molecule has 2 N–H and O–H groups in total. The Morgan fingerprint density at radius 3 is 2.87 bits per heavy atom. The van der Waals surface area contributed by atoms with Gasteiger partial charge in [-0.05, 0) is 49.1 Å². The molecule has 0 aliphatic carbocycles. The average Bonchev–Trinajstić information content (AvgIpc) is 2.71. The minimum absolute atomic E-state index is 0.227. The number of aryl methyl sites for hydroxylation is 1. The van der Waals surface area contributed by atoms with E-state index in [0.29, 0.717) is 11.7 Å². The maximum atomic E-state index is 9.62. The molecule has 82 valence electrons. The fourth-order valence-corrected chi connectivity index (χ4v) is 2.21. The van der Waals surface area contributed by atoms with Crippen molar-refractivity contribution in [2.24, 2.45) is 0 Å². The van der Waals surface area contributed by atoms with Crippen molar-refractivity contribution in [2.45, 2.75) is 19.3 Å². The first-order valence-corrected chi connectivity index (χ1v) is 5.30. The molecule has 0 spiro atoms. The quantitative estimate of drug-likeness (QED) is 0.776. The first kappa shape index (κ1) is 10.3. The van der Waals surface area contributed by atoms with Crippen LogP contribution in [0.2, 0.25) is 0 Å². The third kappa shape index (κ3) is 1.92. The van der Waals surface area contributed by atoms with Gasteiger partial charge in [-0.25, -0.2) is 0 Å². The van der Waals surface area contributed by atoms with Crippen LogP contribution in [0.5, 0.6) is 11.5 Å². The van der Waals surface area contributed by atoms with Crippen LogP contribution in [0.15, 0.2) is 12.1 Å². The van der Waals surface area contributed by atoms with Gasteiger partial charge in [0.05, 0.1) is 7.11 Å². The molecule has 15 heavy (non-hydrogen) atoms. The molecule has 1 heterocycles. The van der Waals surface area contributed by atoms with Crippen LogP contribution in [-0.2, 0) is 0 Å². The van der Waals surface area contributed by atoms with Crippen molar-refractivity contribution in [1.29, 1.82) is 0 Å². The van der Waals surface area contributed by atoms with Gasteiger partial charge in [0.1, 0.15) is 0 Å². The lowest BCUT2D eigenvalue weighted by Crippen LogP contribution is -2.08. The highest BCUT2D eigenvalue weighted by Crippen LogP contribution is 2.34. The van der Waals surface area contributed by atoms with Crippen LogP contribution in [-0.4, -0.2) is 25.3 Å². The van der Waals surface area contributed by atoms with Gasteiger partial charge in [-0.15, -0.1) is 0 Å². The molecule has 1 aromatic rings. The molecular weight excluding hydrogens is 190 g/mol. The van der Waals surface area contributed by atoms with Crippen LogP contribution < -0.4 is 10.1 Å². The van der Waals surface area contributed by atoms with Crippen molar-refractivity contribution in [3.05, 3.63) is 23.3 Å². The highest BCUT2D eigenvalue weighted by molar-refractivity contribution is 5.47. The SMILES string of the molecule is COc1cc(C2CCNC2)c(C)cc1O. The number of nitrogens with one attached hydrogen (secondary N) is 1. The largest absolute Gasteiger partial charge is 0.504 e. The number of hydrogen-bond acceptors (Lipinski definition) is 3. The second-order valence-electron chi connectivity index (χ2n) is 4.07. The Morgan fingerprint density at radius 1 is 1.47 bits per heavy atom. The topological polar surface area (TPSA) is 41.5 Å². The number of aromatic hydroxyl groups is 1. The van der Waals surface area contributed by atoms with E-state index in [2.05, 4.69) is 5.32 Å². The van der Waals surface area contributed by atoms with Crippen LogP contribution in [0.3, 0.4) is 0 Å². The second-order valence-corrected chi connectivity index (χ2v) is 4.07. The van der Waals surface area contributed by atoms with Gasteiger partial charge in [0, 0.05) is 6.54 Å². The van der Waals surface area contributed by atoms with E-state index in [4.69, 9.17) is 4.74 Å². The van der Waals surface area contributed by atoms with Gasteiger partial charge >= 0.3 is 0 Å². The zero-order chi connectivity index (χ0) is 10.8. The molecule has 3 heteroatoms. The van der Waals surface area contributed by atoms with E-state index in [1.54, 1.807) is 13.2 Å². The third-order valence-electron chi connectivity index (χ3n) is 3.07. The van der Waals surface area contributed by atoms with Crippen molar-refractivity contribution in [3.8, 4) is 11.5 Å². The molecule has 1 aromatic carbocycles. The molecule has 0 aromatic heterocycles. The van der Waals surface area contributed by atoms with Gasteiger partial charge in [0.2, 0.25) is 0 Å². The lowest BCUT2D eigenvalue weighted by molar-refractivity contribution is 0.372. The predicted molar refractivity (Wildman–Crippen MR) is 59.6 cm³/mol. The number of rotatable bonds is 2. The van der Waals surface area contributed by atoms with Crippen molar-refractivity contribution in [3.63, 3.8) is 0 Å². The summed E-state index contributed by atoms with van der Waals surface area (Å²) < 4.78 is 5.13. The molecule has 1 unspecified atom stereocenters. The lowest BCUT2D eigenvalue weighted by atomic mass is 9.93. The molecule has 1 saturated heterocycles. The van der Waals surface area contributed by atoms with Crippen molar-refractivity contribution in [2.75, 3.05) is 20.2 Å². The third-order valence-corrected chi connectivity index (χ3v) is 3.07. The van der Waals surface area contributed by atoms with E-state index >= 15 is 0 Å². The molecular formula is C12H17NO2. The molecule has 0 bridgehead atoms. The molecule has 1 atom stereocenters. The summed E-state index contributed by atoms with van der Waals surface area (Å²) in [5.74, 6) is 1.35. The maximum absolute atomic E-state index is 9.62. The number of phenolic OH excluding ortho intramolecular Hbond substituents is 1. The van der Waals surface area contributed by atoms with Gasteiger partial charge in [-0.1, -0.05) is 0 Å². The van der Waals surface area contributed by atoms with Crippen LogP contribution >= 0.6 is 0 Å². The number of ether oxygens (including phenoxy) is 1. The Bertz CT molecular complexity index is 357. The van der Waals surface area contributed by atoms with Gasteiger partial charge < -0.3 is 15.2 Å².